The molecule has 0 radical (unpaired) electrons. The summed E-state index contributed by atoms with van der Waals surface area (Å²) in [4.78, 5) is 13.8. The van der Waals surface area contributed by atoms with Gasteiger partial charge in [0.25, 0.3) is 0 Å². The summed E-state index contributed by atoms with van der Waals surface area (Å²) >= 11 is 6.05. The molecule has 1 heterocycles. The largest absolute Gasteiger partial charge is 0.341 e. The van der Waals surface area contributed by atoms with Gasteiger partial charge in [-0.15, -0.1) is 0 Å². The minimum atomic E-state index is 0.0388. The Labute approximate surface area is 117 Å². The molecule has 0 fully saturated rings. The molecule has 1 amide bonds. The fraction of sp³-hybridized carbons (Fsp3) is 0.286. The molecule has 0 unspecified atom stereocenters. The SMILES string of the molecule is CN(Cc1cnn(C)c1)C(=O)Cc1ccccc1Cl. The molecule has 0 saturated heterocycles. The minimum Gasteiger partial charge on any atom is -0.341 e. The molecule has 0 atom stereocenters. The predicted octanol–water partition coefficient (Wildman–Crippen LogP) is 2.27. The number of hydrogen-bond donors (Lipinski definition) is 0. The van der Waals surface area contributed by atoms with Crippen LogP contribution in [0.2, 0.25) is 5.02 Å². The zero-order valence-corrected chi connectivity index (χ0v) is 11.8. The number of halogens is 1. The van der Waals surface area contributed by atoms with E-state index in [9.17, 15) is 4.79 Å². The van der Waals surface area contributed by atoms with E-state index in [1.54, 1.807) is 28.9 Å². The van der Waals surface area contributed by atoms with E-state index in [0.717, 1.165) is 11.1 Å². The molecule has 2 rings (SSSR count). The van der Waals surface area contributed by atoms with Gasteiger partial charge in [0.2, 0.25) is 5.91 Å². The molecule has 0 N–H and O–H groups in total. The van der Waals surface area contributed by atoms with Crippen molar-refractivity contribution in [1.82, 2.24) is 14.7 Å². The van der Waals surface area contributed by atoms with Crippen molar-refractivity contribution in [1.29, 1.82) is 0 Å². The Morgan fingerprint density at radius 2 is 2.16 bits per heavy atom. The predicted molar refractivity (Wildman–Crippen MR) is 74.8 cm³/mol. The molecule has 1 aromatic carbocycles. The molecule has 5 heteroatoms. The van der Waals surface area contributed by atoms with Crippen LogP contribution in [0.25, 0.3) is 0 Å². The van der Waals surface area contributed by atoms with Gasteiger partial charge in [0, 0.05) is 37.4 Å². The highest BCUT2D eigenvalue weighted by atomic mass is 35.5. The van der Waals surface area contributed by atoms with E-state index in [-0.39, 0.29) is 5.91 Å². The summed E-state index contributed by atoms with van der Waals surface area (Å²) in [5, 5.41) is 4.71. The Balaban J connectivity index is 1.98. The van der Waals surface area contributed by atoms with Crippen LogP contribution in [0, 0.1) is 0 Å². The van der Waals surface area contributed by atoms with Crippen LogP contribution >= 0.6 is 11.6 Å². The van der Waals surface area contributed by atoms with Crippen molar-refractivity contribution >= 4 is 17.5 Å². The number of rotatable bonds is 4. The number of nitrogens with zero attached hydrogens (tertiary/aromatic N) is 3. The van der Waals surface area contributed by atoms with Crippen LogP contribution in [0.15, 0.2) is 36.7 Å². The van der Waals surface area contributed by atoms with Crippen molar-refractivity contribution < 1.29 is 4.79 Å². The maximum Gasteiger partial charge on any atom is 0.227 e. The summed E-state index contributed by atoms with van der Waals surface area (Å²) in [6.07, 6.45) is 3.98. The van der Waals surface area contributed by atoms with Crippen molar-refractivity contribution in [2.24, 2.45) is 7.05 Å². The van der Waals surface area contributed by atoms with Crippen molar-refractivity contribution in [3.8, 4) is 0 Å². The molecule has 0 spiro atoms. The second kappa shape index (κ2) is 5.89. The number of amides is 1. The Morgan fingerprint density at radius 1 is 1.42 bits per heavy atom. The number of carbonyl (C=O) groups is 1. The number of benzene rings is 1. The molecule has 2 aromatic rings. The average Bonchev–Trinajstić information content (AvgIpc) is 2.77. The molecular formula is C14H16ClN3O. The van der Waals surface area contributed by atoms with E-state index < -0.39 is 0 Å². The Bertz CT molecular complexity index is 580. The molecule has 0 aliphatic carbocycles. The zero-order valence-electron chi connectivity index (χ0n) is 11.0. The topological polar surface area (TPSA) is 38.1 Å². The molecule has 100 valence electrons. The van der Waals surface area contributed by atoms with Gasteiger partial charge in [0.15, 0.2) is 0 Å². The van der Waals surface area contributed by atoms with Crippen LogP contribution in [0.3, 0.4) is 0 Å². The average molecular weight is 278 g/mol. The second-order valence-electron chi connectivity index (χ2n) is 4.54. The fourth-order valence-electron chi connectivity index (χ4n) is 1.86. The van der Waals surface area contributed by atoms with Crippen LogP contribution in [-0.2, 0) is 24.8 Å². The maximum absolute atomic E-state index is 12.1. The Morgan fingerprint density at radius 3 is 2.79 bits per heavy atom. The number of aryl methyl sites for hydroxylation is 1. The third kappa shape index (κ3) is 3.58. The van der Waals surface area contributed by atoms with E-state index in [0.29, 0.717) is 18.0 Å². The molecule has 19 heavy (non-hydrogen) atoms. The van der Waals surface area contributed by atoms with Crippen LogP contribution in [0.5, 0.6) is 0 Å². The molecule has 0 aliphatic heterocycles. The lowest BCUT2D eigenvalue weighted by Gasteiger charge is -2.16. The van der Waals surface area contributed by atoms with E-state index in [4.69, 9.17) is 11.6 Å². The summed E-state index contributed by atoms with van der Waals surface area (Å²) < 4.78 is 1.72. The van der Waals surface area contributed by atoms with Gasteiger partial charge < -0.3 is 4.90 Å². The summed E-state index contributed by atoms with van der Waals surface area (Å²) in [6, 6.07) is 7.41. The van der Waals surface area contributed by atoms with Crippen molar-refractivity contribution in [2.75, 3.05) is 7.05 Å². The molecule has 0 bridgehead atoms. The Hall–Kier alpha value is -1.81. The first-order chi connectivity index (χ1) is 9.06. The smallest absolute Gasteiger partial charge is 0.227 e. The summed E-state index contributed by atoms with van der Waals surface area (Å²) in [5.74, 6) is 0.0388. The van der Waals surface area contributed by atoms with Gasteiger partial charge in [-0.05, 0) is 11.6 Å². The number of hydrogen-bond acceptors (Lipinski definition) is 2. The van der Waals surface area contributed by atoms with Gasteiger partial charge >= 0.3 is 0 Å². The van der Waals surface area contributed by atoms with Gasteiger partial charge in [-0.1, -0.05) is 29.8 Å². The normalized spacial score (nSPS) is 10.5. The minimum absolute atomic E-state index is 0.0388. The Kier molecular flexibility index (Phi) is 4.22. The first-order valence-electron chi connectivity index (χ1n) is 6.01. The third-order valence-electron chi connectivity index (χ3n) is 2.90. The van der Waals surface area contributed by atoms with E-state index in [1.165, 1.54) is 0 Å². The van der Waals surface area contributed by atoms with Gasteiger partial charge in [-0.2, -0.15) is 5.10 Å². The molecule has 0 saturated carbocycles. The number of carbonyl (C=O) groups excluding carboxylic acids is 1. The molecule has 0 aliphatic rings. The summed E-state index contributed by atoms with van der Waals surface area (Å²) in [6.45, 7) is 0.553. The third-order valence-corrected chi connectivity index (χ3v) is 3.27. The monoisotopic (exact) mass is 277 g/mol. The molecular weight excluding hydrogens is 262 g/mol. The van der Waals surface area contributed by atoms with Crippen LogP contribution in [0.4, 0.5) is 0 Å². The van der Waals surface area contributed by atoms with Crippen LogP contribution in [0.1, 0.15) is 11.1 Å². The lowest BCUT2D eigenvalue weighted by molar-refractivity contribution is -0.129. The lowest BCUT2D eigenvalue weighted by Crippen LogP contribution is -2.27. The second-order valence-corrected chi connectivity index (χ2v) is 4.95. The van der Waals surface area contributed by atoms with E-state index in [2.05, 4.69) is 5.10 Å². The first kappa shape index (κ1) is 13.6. The quantitative estimate of drug-likeness (QED) is 0.860. The van der Waals surface area contributed by atoms with Crippen LogP contribution < -0.4 is 0 Å². The fourth-order valence-corrected chi connectivity index (χ4v) is 2.06. The highest BCUT2D eigenvalue weighted by molar-refractivity contribution is 6.31. The van der Waals surface area contributed by atoms with Crippen molar-refractivity contribution in [3.63, 3.8) is 0 Å². The standard InChI is InChI=1S/C14H16ClN3O/c1-17(9-11-8-16-18(2)10-11)14(19)7-12-5-3-4-6-13(12)15/h3-6,8,10H,7,9H2,1-2H3. The molecule has 1 aromatic heterocycles. The summed E-state index contributed by atoms with van der Waals surface area (Å²) in [7, 11) is 3.64. The van der Waals surface area contributed by atoms with Crippen LogP contribution in [-0.4, -0.2) is 27.6 Å². The molecule has 4 nitrogen and oxygen atoms in total. The van der Waals surface area contributed by atoms with Gasteiger partial charge in [0.1, 0.15) is 0 Å². The number of aromatic nitrogens is 2. The highest BCUT2D eigenvalue weighted by Gasteiger charge is 2.12. The van der Waals surface area contributed by atoms with Crippen molar-refractivity contribution in [3.05, 3.63) is 52.8 Å². The summed E-state index contributed by atoms with van der Waals surface area (Å²) in [5.41, 5.74) is 1.87. The van der Waals surface area contributed by atoms with E-state index >= 15 is 0 Å². The van der Waals surface area contributed by atoms with Gasteiger partial charge in [-0.25, -0.2) is 0 Å². The number of likely N-dealkylation sites (N-methyl/N-ethyl adjacent to an activating group) is 1. The first-order valence-corrected chi connectivity index (χ1v) is 6.39. The zero-order chi connectivity index (χ0) is 13.8. The van der Waals surface area contributed by atoms with Gasteiger partial charge in [0.05, 0.1) is 12.6 Å². The lowest BCUT2D eigenvalue weighted by atomic mass is 10.1. The highest BCUT2D eigenvalue weighted by Crippen LogP contribution is 2.16. The maximum atomic E-state index is 12.1. The van der Waals surface area contributed by atoms with Crippen molar-refractivity contribution in [2.45, 2.75) is 13.0 Å². The van der Waals surface area contributed by atoms with Gasteiger partial charge in [-0.3, -0.25) is 9.48 Å². The van der Waals surface area contributed by atoms with E-state index in [1.807, 2.05) is 31.4 Å².